The highest BCUT2D eigenvalue weighted by Crippen LogP contribution is 2.19. The highest BCUT2D eigenvalue weighted by molar-refractivity contribution is 5.95. The molecule has 3 amide bonds. The summed E-state index contributed by atoms with van der Waals surface area (Å²) in [7, 11) is 1.61. The molecule has 0 aliphatic carbocycles. The Hall–Kier alpha value is -2.41. The predicted molar refractivity (Wildman–Crippen MR) is 101 cm³/mol. The van der Waals surface area contributed by atoms with Crippen LogP contribution in [0.5, 0.6) is 0 Å². The Kier molecular flexibility index (Phi) is 6.74. The first-order valence-electron chi connectivity index (χ1n) is 8.89. The van der Waals surface area contributed by atoms with E-state index in [0.29, 0.717) is 6.54 Å². The molecule has 2 rings (SSSR count). The molecule has 0 saturated carbocycles. The first-order chi connectivity index (χ1) is 12.3. The van der Waals surface area contributed by atoms with Gasteiger partial charge in [0.25, 0.3) is 0 Å². The van der Waals surface area contributed by atoms with E-state index in [4.69, 9.17) is 5.73 Å². The average molecular weight is 360 g/mol. The SMILES string of the molecule is Cc1cccc(C)c1NC(=O)CN(C)C(=O)CN1CCC[C@@H](C(N)=O)C1. The Balaban J connectivity index is 1.86. The number of anilines is 1. The lowest BCUT2D eigenvalue weighted by Crippen LogP contribution is -2.47. The van der Waals surface area contributed by atoms with Crippen LogP contribution in [0.4, 0.5) is 5.69 Å². The van der Waals surface area contributed by atoms with Crippen molar-refractivity contribution in [3.05, 3.63) is 29.3 Å². The topological polar surface area (TPSA) is 95.7 Å². The number of carbonyl (C=O) groups is 3. The summed E-state index contributed by atoms with van der Waals surface area (Å²) in [6.07, 6.45) is 1.62. The van der Waals surface area contributed by atoms with Gasteiger partial charge in [-0.1, -0.05) is 18.2 Å². The number of hydrogen-bond donors (Lipinski definition) is 2. The summed E-state index contributed by atoms with van der Waals surface area (Å²) >= 11 is 0. The van der Waals surface area contributed by atoms with Gasteiger partial charge >= 0.3 is 0 Å². The number of amides is 3. The molecule has 142 valence electrons. The average Bonchev–Trinajstić information content (AvgIpc) is 2.58. The van der Waals surface area contributed by atoms with Crippen molar-refractivity contribution >= 4 is 23.4 Å². The number of rotatable bonds is 6. The fourth-order valence-corrected chi connectivity index (χ4v) is 3.24. The smallest absolute Gasteiger partial charge is 0.243 e. The van der Waals surface area contributed by atoms with Crippen LogP contribution in [0, 0.1) is 19.8 Å². The summed E-state index contributed by atoms with van der Waals surface area (Å²) in [5.74, 6) is -0.892. The minimum absolute atomic E-state index is 0.0142. The molecule has 1 aliphatic rings. The van der Waals surface area contributed by atoms with Gasteiger partial charge in [0, 0.05) is 19.3 Å². The Morgan fingerprint density at radius 3 is 2.54 bits per heavy atom. The molecule has 0 aromatic heterocycles. The molecule has 1 fully saturated rings. The van der Waals surface area contributed by atoms with Gasteiger partial charge in [-0.05, 0) is 44.4 Å². The number of nitrogens with two attached hydrogens (primary N) is 1. The van der Waals surface area contributed by atoms with Crippen molar-refractivity contribution in [1.29, 1.82) is 0 Å². The highest BCUT2D eigenvalue weighted by atomic mass is 16.2. The zero-order valence-electron chi connectivity index (χ0n) is 15.7. The largest absolute Gasteiger partial charge is 0.369 e. The summed E-state index contributed by atoms with van der Waals surface area (Å²) < 4.78 is 0. The fraction of sp³-hybridized carbons (Fsp3) is 0.526. The first-order valence-corrected chi connectivity index (χ1v) is 8.89. The van der Waals surface area contributed by atoms with Crippen LogP contribution in [0.1, 0.15) is 24.0 Å². The van der Waals surface area contributed by atoms with Gasteiger partial charge in [0.2, 0.25) is 17.7 Å². The van der Waals surface area contributed by atoms with Crippen molar-refractivity contribution in [3.8, 4) is 0 Å². The van der Waals surface area contributed by atoms with Crippen LogP contribution in [0.15, 0.2) is 18.2 Å². The molecule has 0 radical (unpaired) electrons. The van der Waals surface area contributed by atoms with Gasteiger partial charge in [-0.25, -0.2) is 0 Å². The second kappa shape index (κ2) is 8.80. The number of hydrogen-bond acceptors (Lipinski definition) is 4. The summed E-state index contributed by atoms with van der Waals surface area (Å²) in [5, 5.41) is 2.88. The van der Waals surface area contributed by atoms with Crippen LogP contribution in [0.3, 0.4) is 0 Å². The molecular formula is C19H28N4O3. The number of aryl methyl sites for hydroxylation is 2. The van der Waals surface area contributed by atoms with Crippen molar-refractivity contribution in [2.24, 2.45) is 11.7 Å². The maximum absolute atomic E-state index is 12.4. The molecule has 1 atom stereocenters. The Morgan fingerprint density at radius 1 is 1.27 bits per heavy atom. The van der Waals surface area contributed by atoms with E-state index in [9.17, 15) is 14.4 Å². The number of likely N-dealkylation sites (N-methyl/N-ethyl adjacent to an activating group) is 1. The number of likely N-dealkylation sites (tertiary alicyclic amines) is 1. The Morgan fingerprint density at radius 2 is 1.92 bits per heavy atom. The summed E-state index contributed by atoms with van der Waals surface area (Å²) in [4.78, 5) is 39.4. The summed E-state index contributed by atoms with van der Waals surface area (Å²) in [6.45, 7) is 5.31. The third kappa shape index (κ3) is 5.29. The molecular weight excluding hydrogens is 332 g/mol. The van der Waals surface area contributed by atoms with Gasteiger partial charge in [-0.15, -0.1) is 0 Å². The van der Waals surface area contributed by atoms with Crippen LogP contribution in [0.2, 0.25) is 0 Å². The molecule has 7 heteroatoms. The number of carbonyl (C=O) groups excluding carboxylic acids is 3. The van der Waals surface area contributed by atoms with E-state index < -0.39 is 0 Å². The molecule has 1 heterocycles. The molecule has 7 nitrogen and oxygen atoms in total. The number of nitrogens with zero attached hydrogens (tertiary/aromatic N) is 2. The molecule has 0 bridgehead atoms. The van der Waals surface area contributed by atoms with E-state index in [0.717, 1.165) is 36.2 Å². The van der Waals surface area contributed by atoms with Crippen molar-refractivity contribution in [1.82, 2.24) is 9.80 Å². The third-order valence-electron chi connectivity index (χ3n) is 4.82. The number of piperidine rings is 1. The van der Waals surface area contributed by atoms with Crippen molar-refractivity contribution in [2.45, 2.75) is 26.7 Å². The zero-order valence-corrected chi connectivity index (χ0v) is 15.7. The monoisotopic (exact) mass is 360 g/mol. The maximum Gasteiger partial charge on any atom is 0.243 e. The van der Waals surface area contributed by atoms with Crippen LogP contribution in [0.25, 0.3) is 0 Å². The van der Waals surface area contributed by atoms with E-state index in [-0.39, 0.29) is 36.7 Å². The molecule has 0 unspecified atom stereocenters. The van der Waals surface area contributed by atoms with Gasteiger partial charge < -0.3 is 16.0 Å². The second-order valence-electron chi connectivity index (χ2n) is 7.04. The van der Waals surface area contributed by atoms with Crippen LogP contribution in [-0.2, 0) is 14.4 Å². The fourth-order valence-electron chi connectivity index (χ4n) is 3.24. The third-order valence-corrected chi connectivity index (χ3v) is 4.82. The number of benzene rings is 1. The quantitative estimate of drug-likeness (QED) is 0.788. The standard InChI is InChI=1S/C19H28N4O3/c1-13-6-4-7-14(2)18(13)21-16(24)11-22(3)17(25)12-23-9-5-8-15(10-23)19(20)26/h4,6-7,15H,5,8-12H2,1-3H3,(H2,20,26)(H,21,24)/t15-/m1/s1. The van der Waals surface area contributed by atoms with E-state index in [1.54, 1.807) is 7.05 Å². The Bertz CT molecular complexity index is 669. The van der Waals surface area contributed by atoms with Crippen molar-refractivity contribution in [3.63, 3.8) is 0 Å². The van der Waals surface area contributed by atoms with E-state index >= 15 is 0 Å². The van der Waals surface area contributed by atoms with Crippen LogP contribution < -0.4 is 11.1 Å². The zero-order chi connectivity index (χ0) is 19.3. The first kappa shape index (κ1) is 19.9. The van der Waals surface area contributed by atoms with E-state index in [1.165, 1.54) is 4.90 Å². The number of para-hydroxylation sites is 1. The second-order valence-corrected chi connectivity index (χ2v) is 7.04. The molecule has 3 N–H and O–H groups in total. The highest BCUT2D eigenvalue weighted by Gasteiger charge is 2.26. The van der Waals surface area contributed by atoms with Gasteiger partial charge in [0.05, 0.1) is 19.0 Å². The summed E-state index contributed by atoms with van der Waals surface area (Å²) in [6, 6.07) is 5.81. The maximum atomic E-state index is 12.4. The lowest BCUT2D eigenvalue weighted by Gasteiger charge is -2.31. The molecule has 1 saturated heterocycles. The molecule has 1 aliphatic heterocycles. The normalized spacial score (nSPS) is 17.6. The van der Waals surface area contributed by atoms with Gasteiger partial charge in [0.15, 0.2) is 0 Å². The predicted octanol–water partition coefficient (Wildman–Crippen LogP) is 0.898. The summed E-state index contributed by atoms with van der Waals surface area (Å²) in [5.41, 5.74) is 8.13. The number of primary amides is 1. The Labute approximate surface area is 154 Å². The van der Waals surface area contributed by atoms with E-state index in [2.05, 4.69) is 5.32 Å². The van der Waals surface area contributed by atoms with Crippen molar-refractivity contribution in [2.75, 3.05) is 38.5 Å². The molecule has 1 aromatic carbocycles. The van der Waals surface area contributed by atoms with Crippen LogP contribution in [-0.4, -0.2) is 60.7 Å². The minimum Gasteiger partial charge on any atom is -0.369 e. The number of nitrogens with one attached hydrogen (secondary N) is 1. The van der Waals surface area contributed by atoms with Crippen molar-refractivity contribution < 1.29 is 14.4 Å². The molecule has 0 spiro atoms. The lowest BCUT2D eigenvalue weighted by molar-refractivity contribution is -0.135. The molecule has 26 heavy (non-hydrogen) atoms. The minimum atomic E-state index is -0.316. The van der Waals surface area contributed by atoms with E-state index in [1.807, 2.05) is 36.9 Å². The lowest BCUT2D eigenvalue weighted by atomic mass is 9.97. The van der Waals surface area contributed by atoms with Gasteiger partial charge in [-0.2, -0.15) is 0 Å². The van der Waals surface area contributed by atoms with Gasteiger partial charge in [-0.3, -0.25) is 19.3 Å². The van der Waals surface area contributed by atoms with Crippen LogP contribution >= 0.6 is 0 Å². The van der Waals surface area contributed by atoms with Gasteiger partial charge in [0.1, 0.15) is 0 Å². The molecule has 1 aromatic rings.